The van der Waals surface area contributed by atoms with Gasteiger partial charge in [0.2, 0.25) is 0 Å². The molecule has 2 aromatic carbocycles. The van der Waals surface area contributed by atoms with Crippen molar-refractivity contribution < 1.29 is 8.78 Å². The van der Waals surface area contributed by atoms with Gasteiger partial charge in [-0.2, -0.15) is 0 Å². The molecule has 0 spiro atoms. The third kappa shape index (κ3) is 3.33. The van der Waals surface area contributed by atoms with Crippen LogP contribution in [0, 0.1) is 11.6 Å². The monoisotopic (exact) mass is 279 g/mol. The summed E-state index contributed by atoms with van der Waals surface area (Å²) in [5.41, 5.74) is 6.43. The summed E-state index contributed by atoms with van der Waals surface area (Å²) >= 11 is 1.25. The van der Waals surface area contributed by atoms with Crippen molar-refractivity contribution in [1.82, 2.24) is 0 Å². The Morgan fingerprint density at radius 2 is 1.53 bits per heavy atom. The summed E-state index contributed by atoms with van der Waals surface area (Å²) in [7, 11) is 0. The Hall–Kier alpha value is -1.39. The first-order chi connectivity index (χ1) is 9.09. The molecule has 100 valence electrons. The standard InChI is InChI=1S/C15H15F2NS/c1-10(18)15(11-6-2-3-7-12(11)16)19-14-9-5-4-8-13(14)17/h2-10,15H,18H2,1H3. The van der Waals surface area contributed by atoms with Gasteiger partial charge in [0.05, 0.1) is 5.25 Å². The van der Waals surface area contributed by atoms with Crippen LogP contribution in [0.3, 0.4) is 0 Å². The normalized spacial score (nSPS) is 14.1. The summed E-state index contributed by atoms with van der Waals surface area (Å²) in [6, 6.07) is 12.6. The Morgan fingerprint density at radius 1 is 0.947 bits per heavy atom. The lowest BCUT2D eigenvalue weighted by Crippen LogP contribution is -2.23. The zero-order valence-electron chi connectivity index (χ0n) is 10.5. The maximum atomic E-state index is 13.8. The van der Waals surface area contributed by atoms with E-state index >= 15 is 0 Å². The van der Waals surface area contributed by atoms with Gasteiger partial charge < -0.3 is 5.73 Å². The molecule has 0 fully saturated rings. The van der Waals surface area contributed by atoms with Crippen LogP contribution in [0.2, 0.25) is 0 Å². The van der Waals surface area contributed by atoms with Crippen molar-refractivity contribution in [2.75, 3.05) is 0 Å². The Kier molecular flexibility index (Phi) is 4.56. The summed E-state index contributed by atoms with van der Waals surface area (Å²) in [5.74, 6) is -0.622. The molecule has 0 heterocycles. The van der Waals surface area contributed by atoms with Gasteiger partial charge in [0.15, 0.2) is 0 Å². The molecule has 2 atom stereocenters. The van der Waals surface area contributed by atoms with E-state index in [-0.39, 0.29) is 22.9 Å². The number of nitrogens with two attached hydrogens (primary N) is 1. The lowest BCUT2D eigenvalue weighted by Gasteiger charge is -2.21. The minimum absolute atomic E-state index is 0.290. The minimum atomic E-state index is -0.321. The molecule has 19 heavy (non-hydrogen) atoms. The first-order valence-electron chi connectivity index (χ1n) is 6.01. The van der Waals surface area contributed by atoms with Crippen molar-refractivity contribution in [3.05, 3.63) is 65.7 Å². The predicted octanol–water partition coefficient (Wildman–Crippen LogP) is 4.15. The van der Waals surface area contributed by atoms with E-state index in [4.69, 9.17) is 5.73 Å². The van der Waals surface area contributed by atoms with Crippen LogP contribution in [-0.4, -0.2) is 6.04 Å². The largest absolute Gasteiger partial charge is 0.327 e. The van der Waals surface area contributed by atoms with E-state index < -0.39 is 0 Å². The SMILES string of the molecule is CC(N)C(Sc1ccccc1F)c1ccccc1F. The maximum absolute atomic E-state index is 13.8. The average molecular weight is 279 g/mol. The molecule has 2 rings (SSSR count). The van der Waals surface area contributed by atoms with E-state index in [2.05, 4.69) is 0 Å². The van der Waals surface area contributed by atoms with Crippen molar-refractivity contribution in [2.24, 2.45) is 5.73 Å². The van der Waals surface area contributed by atoms with E-state index in [9.17, 15) is 8.78 Å². The Bertz CT molecular complexity index is 557. The lowest BCUT2D eigenvalue weighted by atomic mass is 10.1. The first-order valence-corrected chi connectivity index (χ1v) is 6.88. The van der Waals surface area contributed by atoms with Crippen molar-refractivity contribution >= 4 is 11.8 Å². The van der Waals surface area contributed by atoms with Gasteiger partial charge in [-0.1, -0.05) is 30.3 Å². The van der Waals surface area contributed by atoms with E-state index in [1.165, 1.54) is 23.9 Å². The fraction of sp³-hybridized carbons (Fsp3) is 0.200. The van der Waals surface area contributed by atoms with Crippen molar-refractivity contribution in [2.45, 2.75) is 23.1 Å². The van der Waals surface area contributed by atoms with Crippen molar-refractivity contribution in [3.63, 3.8) is 0 Å². The molecule has 2 aromatic rings. The van der Waals surface area contributed by atoms with Gasteiger partial charge in [-0.25, -0.2) is 8.78 Å². The van der Waals surface area contributed by atoms with Gasteiger partial charge in [0, 0.05) is 16.5 Å². The molecule has 0 aliphatic heterocycles. The maximum Gasteiger partial charge on any atom is 0.136 e. The molecule has 0 aliphatic carbocycles. The van der Waals surface area contributed by atoms with E-state index in [0.717, 1.165) is 0 Å². The molecule has 0 saturated carbocycles. The van der Waals surface area contributed by atoms with Crippen LogP contribution in [-0.2, 0) is 0 Å². The zero-order valence-corrected chi connectivity index (χ0v) is 11.3. The molecule has 2 unspecified atom stereocenters. The highest BCUT2D eigenvalue weighted by Crippen LogP contribution is 2.39. The average Bonchev–Trinajstić information content (AvgIpc) is 2.38. The fourth-order valence-electron chi connectivity index (χ4n) is 1.84. The molecule has 2 N–H and O–H groups in total. The molecule has 0 saturated heterocycles. The Labute approximate surface area is 115 Å². The summed E-state index contributed by atoms with van der Waals surface area (Å²) in [6.45, 7) is 1.80. The summed E-state index contributed by atoms with van der Waals surface area (Å²) in [4.78, 5) is 0.480. The number of hydrogen-bond donors (Lipinski definition) is 1. The van der Waals surface area contributed by atoms with Crippen LogP contribution >= 0.6 is 11.8 Å². The second-order valence-corrected chi connectivity index (χ2v) is 5.53. The van der Waals surface area contributed by atoms with Crippen LogP contribution in [0.1, 0.15) is 17.7 Å². The van der Waals surface area contributed by atoms with Crippen molar-refractivity contribution in [1.29, 1.82) is 0 Å². The molecule has 0 amide bonds. The van der Waals surface area contributed by atoms with Gasteiger partial charge in [-0.3, -0.25) is 0 Å². The van der Waals surface area contributed by atoms with Crippen molar-refractivity contribution in [3.8, 4) is 0 Å². The van der Waals surface area contributed by atoms with Gasteiger partial charge in [0.25, 0.3) is 0 Å². The summed E-state index contributed by atoms with van der Waals surface area (Å²) in [6.07, 6.45) is 0. The Balaban J connectivity index is 2.33. The zero-order chi connectivity index (χ0) is 13.8. The van der Waals surface area contributed by atoms with Crippen LogP contribution < -0.4 is 5.73 Å². The molecule has 1 nitrogen and oxygen atoms in total. The quantitative estimate of drug-likeness (QED) is 0.851. The summed E-state index contributed by atoms with van der Waals surface area (Å²) in [5, 5.41) is -0.321. The van der Waals surface area contributed by atoms with Gasteiger partial charge in [0.1, 0.15) is 11.6 Å². The fourth-order valence-corrected chi connectivity index (χ4v) is 2.98. The molecule has 0 radical (unpaired) electrons. The molecule has 0 aliphatic rings. The highest BCUT2D eigenvalue weighted by molar-refractivity contribution is 7.99. The minimum Gasteiger partial charge on any atom is -0.327 e. The van der Waals surface area contributed by atoms with Gasteiger partial charge >= 0.3 is 0 Å². The number of rotatable bonds is 4. The van der Waals surface area contributed by atoms with Crippen LogP contribution in [0.5, 0.6) is 0 Å². The highest BCUT2D eigenvalue weighted by Gasteiger charge is 2.22. The third-order valence-electron chi connectivity index (χ3n) is 2.78. The molecule has 4 heteroatoms. The molecule has 0 bridgehead atoms. The summed E-state index contributed by atoms with van der Waals surface area (Å²) < 4.78 is 27.5. The second-order valence-electron chi connectivity index (χ2n) is 4.35. The van der Waals surface area contributed by atoms with Gasteiger partial charge in [-0.15, -0.1) is 11.8 Å². The third-order valence-corrected chi connectivity index (χ3v) is 4.30. The predicted molar refractivity (Wildman–Crippen MR) is 75.0 cm³/mol. The second kappa shape index (κ2) is 6.17. The van der Waals surface area contributed by atoms with Gasteiger partial charge in [-0.05, 0) is 25.1 Å². The first kappa shape index (κ1) is 14.0. The highest BCUT2D eigenvalue weighted by atomic mass is 32.2. The molecule has 0 aromatic heterocycles. The Morgan fingerprint density at radius 3 is 2.11 bits per heavy atom. The number of halogens is 2. The lowest BCUT2D eigenvalue weighted by molar-refractivity contribution is 0.587. The molecular formula is C15H15F2NS. The number of benzene rings is 2. The molecular weight excluding hydrogens is 264 g/mol. The number of thioether (sulfide) groups is 1. The van der Waals surface area contributed by atoms with E-state index in [1.807, 2.05) is 0 Å². The topological polar surface area (TPSA) is 26.0 Å². The van der Waals surface area contributed by atoms with Crippen LogP contribution in [0.15, 0.2) is 53.4 Å². The smallest absolute Gasteiger partial charge is 0.136 e. The van der Waals surface area contributed by atoms with E-state index in [1.54, 1.807) is 43.3 Å². The number of hydrogen-bond acceptors (Lipinski definition) is 2. The van der Waals surface area contributed by atoms with Crippen LogP contribution in [0.25, 0.3) is 0 Å². The van der Waals surface area contributed by atoms with Crippen LogP contribution in [0.4, 0.5) is 8.78 Å². The van der Waals surface area contributed by atoms with E-state index in [0.29, 0.717) is 10.5 Å².